The number of rotatable bonds is 5. The summed E-state index contributed by atoms with van der Waals surface area (Å²) >= 11 is 1.15. The number of carbonyl (C=O) groups excluding carboxylic acids is 1. The molecular weight excluding hydrogens is 288 g/mol. The lowest BCUT2D eigenvalue weighted by Crippen LogP contribution is -2.30. The average molecular weight is 300 g/mol. The highest BCUT2D eigenvalue weighted by Gasteiger charge is 2.26. The van der Waals surface area contributed by atoms with Crippen LogP contribution in [0.15, 0.2) is 12.4 Å². The molecule has 10 nitrogen and oxygen atoms in total. The summed E-state index contributed by atoms with van der Waals surface area (Å²) in [5, 5.41) is 11.0. The van der Waals surface area contributed by atoms with Crippen LogP contribution in [-0.2, 0) is 16.1 Å². The van der Waals surface area contributed by atoms with E-state index in [1.54, 1.807) is 6.20 Å². The van der Waals surface area contributed by atoms with Gasteiger partial charge in [0.2, 0.25) is 5.82 Å². The van der Waals surface area contributed by atoms with Crippen LogP contribution in [0.25, 0.3) is 4.91 Å². The second-order valence-corrected chi connectivity index (χ2v) is 4.76. The van der Waals surface area contributed by atoms with Crippen LogP contribution in [-0.4, -0.2) is 31.6 Å². The van der Waals surface area contributed by atoms with E-state index < -0.39 is 10.9 Å². The molecule has 1 aromatic heterocycles. The van der Waals surface area contributed by atoms with Crippen molar-refractivity contribution in [2.75, 3.05) is 6.61 Å². The quantitative estimate of drug-likeness (QED) is 0.253. The minimum Gasteiger partial charge on any atom is -0.462 e. The molecule has 20 heavy (non-hydrogen) atoms. The second kappa shape index (κ2) is 5.90. The van der Waals surface area contributed by atoms with Gasteiger partial charge in [0.25, 0.3) is 0 Å². The normalized spacial score (nSPS) is 14.8. The molecule has 0 radical (unpaired) electrons. The first kappa shape index (κ1) is 14.3. The number of hydrogen-bond acceptors (Lipinski definition) is 9. The molecule has 0 amide bonds. The summed E-state index contributed by atoms with van der Waals surface area (Å²) < 4.78 is 7.41. The largest absolute Gasteiger partial charge is 0.462 e. The van der Waals surface area contributed by atoms with Crippen molar-refractivity contribution in [3.05, 3.63) is 28.3 Å². The molecule has 0 saturated heterocycles. The van der Waals surface area contributed by atoms with E-state index in [0.29, 0.717) is 10.7 Å². The molecule has 3 N–H and O–H groups in total. The Morgan fingerprint density at radius 3 is 3.00 bits per heavy atom. The molecule has 11 heteroatoms. The Hall–Kier alpha value is -2.11. The minimum atomic E-state index is -0.544. The van der Waals surface area contributed by atoms with Crippen molar-refractivity contribution < 1.29 is 14.5 Å². The average Bonchev–Trinajstić information content (AvgIpc) is 2.94. The van der Waals surface area contributed by atoms with Crippen LogP contribution in [0.1, 0.15) is 12.7 Å². The molecule has 2 rings (SSSR count). The Labute approximate surface area is 117 Å². The zero-order valence-electron chi connectivity index (χ0n) is 10.5. The van der Waals surface area contributed by atoms with Gasteiger partial charge in [-0.2, -0.15) is 0 Å². The fourth-order valence-corrected chi connectivity index (χ4v) is 2.26. The molecule has 0 atom stereocenters. The van der Waals surface area contributed by atoms with Gasteiger partial charge in [-0.05, 0) is 4.92 Å². The Kier molecular flexibility index (Phi) is 4.22. The molecule has 0 unspecified atom stereocenters. The maximum Gasteiger partial charge on any atom is 0.343 e. The van der Waals surface area contributed by atoms with E-state index in [-0.39, 0.29) is 19.0 Å². The van der Waals surface area contributed by atoms with Gasteiger partial charge >= 0.3 is 11.8 Å². The Balaban J connectivity index is 2.23. The van der Waals surface area contributed by atoms with Crippen molar-refractivity contribution in [2.24, 2.45) is 5.84 Å². The lowest BCUT2D eigenvalue weighted by molar-refractivity contribution is -0.392. The predicted molar refractivity (Wildman–Crippen MR) is 70.2 cm³/mol. The van der Waals surface area contributed by atoms with Gasteiger partial charge in [0.15, 0.2) is 0 Å². The number of imidazole rings is 1. The van der Waals surface area contributed by atoms with Gasteiger partial charge in [0.05, 0.1) is 0 Å². The number of aromatic nitrogens is 2. The van der Waals surface area contributed by atoms with Crippen LogP contribution in [0.3, 0.4) is 0 Å². The fourth-order valence-electron chi connectivity index (χ4n) is 1.60. The Morgan fingerprint density at radius 1 is 1.70 bits per heavy atom. The molecule has 0 aliphatic carbocycles. The van der Waals surface area contributed by atoms with E-state index in [4.69, 9.17) is 10.6 Å². The zero-order chi connectivity index (χ0) is 14.7. The van der Waals surface area contributed by atoms with Gasteiger partial charge in [0.1, 0.15) is 24.3 Å². The van der Waals surface area contributed by atoms with Gasteiger partial charge in [-0.25, -0.2) is 15.4 Å². The number of nitrogens with one attached hydrogen (secondary N) is 1. The Bertz CT molecular complexity index is 571. The number of nitrogens with two attached hydrogens (primary N) is 1. The number of hydrogen-bond donors (Lipinski definition) is 2. The van der Waals surface area contributed by atoms with E-state index in [0.717, 1.165) is 18.1 Å². The van der Waals surface area contributed by atoms with Crippen LogP contribution >= 0.6 is 11.9 Å². The van der Waals surface area contributed by atoms with Gasteiger partial charge < -0.3 is 20.3 Å². The number of nitro groups is 1. The van der Waals surface area contributed by atoms with Gasteiger partial charge in [0, 0.05) is 25.1 Å². The smallest absolute Gasteiger partial charge is 0.343 e. The third kappa shape index (κ3) is 3.07. The molecule has 1 aliphatic rings. The van der Waals surface area contributed by atoms with Gasteiger partial charge in [-0.1, -0.05) is 4.52 Å². The lowest BCUT2D eigenvalue weighted by atomic mass is 10.5. The molecule has 0 fully saturated rings. The first-order valence-corrected chi connectivity index (χ1v) is 6.29. The Morgan fingerprint density at radius 2 is 2.45 bits per heavy atom. The molecule has 0 saturated carbocycles. The summed E-state index contributed by atoms with van der Waals surface area (Å²) in [6.45, 7) is 1.43. The van der Waals surface area contributed by atoms with Crippen molar-refractivity contribution in [2.45, 2.75) is 13.5 Å². The van der Waals surface area contributed by atoms with E-state index in [1.165, 1.54) is 16.0 Å². The molecule has 2 heterocycles. The number of hydrazine groups is 2. The molecule has 108 valence electrons. The molecule has 0 aromatic carbocycles. The zero-order valence-corrected chi connectivity index (χ0v) is 11.3. The van der Waals surface area contributed by atoms with Crippen molar-refractivity contribution >= 4 is 28.6 Å². The SMILES string of the molecule is CC(=O)OCCn1c([N+](=O)[O-])cnc1C1=CNN(N)S1. The monoisotopic (exact) mass is 300 g/mol. The minimum absolute atomic E-state index is 0.0250. The number of ether oxygens (including phenoxy) is 1. The van der Waals surface area contributed by atoms with E-state index >= 15 is 0 Å². The summed E-state index contributed by atoms with van der Waals surface area (Å²) in [6.07, 6.45) is 2.74. The van der Waals surface area contributed by atoms with Crippen LogP contribution < -0.4 is 11.3 Å². The van der Waals surface area contributed by atoms with E-state index in [1.807, 2.05) is 0 Å². The fraction of sp³-hybridized carbons (Fsp3) is 0.333. The maximum atomic E-state index is 11.0. The highest BCUT2D eigenvalue weighted by molar-refractivity contribution is 8.06. The van der Waals surface area contributed by atoms with Crippen molar-refractivity contribution in [1.82, 2.24) is 19.5 Å². The first-order valence-electron chi connectivity index (χ1n) is 5.52. The summed E-state index contributed by atoms with van der Waals surface area (Å²) in [4.78, 5) is 25.8. The van der Waals surface area contributed by atoms with Gasteiger partial charge in [-0.15, -0.1) is 0 Å². The molecule has 1 aliphatic heterocycles. The van der Waals surface area contributed by atoms with Crippen LogP contribution in [0.4, 0.5) is 5.82 Å². The number of nitrogens with zero attached hydrogens (tertiary/aromatic N) is 4. The topological polar surface area (TPSA) is 129 Å². The number of esters is 1. The van der Waals surface area contributed by atoms with Crippen molar-refractivity contribution in [3.63, 3.8) is 0 Å². The lowest BCUT2D eigenvalue weighted by Gasteiger charge is -2.06. The third-order valence-corrected chi connectivity index (χ3v) is 3.18. The van der Waals surface area contributed by atoms with Crippen LogP contribution in [0.5, 0.6) is 0 Å². The summed E-state index contributed by atoms with van der Waals surface area (Å²) in [7, 11) is 0. The van der Waals surface area contributed by atoms with Gasteiger partial charge in [-0.3, -0.25) is 4.79 Å². The van der Waals surface area contributed by atoms with Crippen LogP contribution in [0.2, 0.25) is 0 Å². The summed E-state index contributed by atoms with van der Waals surface area (Å²) in [5.41, 5.74) is 2.71. The molecule has 0 spiro atoms. The third-order valence-electron chi connectivity index (χ3n) is 2.38. The second-order valence-electron chi connectivity index (χ2n) is 3.74. The summed E-state index contributed by atoms with van der Waals surface area (Å²) in [6, 6.07) is 0. The number of carbonyl (C=O) groups is 1. The predicted octanol–water partition coefficient (Wildman–Crippen LogP) is -0.00510. The maximum absolute atomic E-state index is 11.0. The summed E-state index contributed by atoms with van der Waals surface area (Å²) in [5.74, 6) is 5.27. The highest BCUT2D eigenvalue weighted by atomic mass is 32.2. The first-order chi connectivity index (χ1) is 9.49. The highest BCUT2D eigenvalue weighted by Crippen LogP contribution is 2.32. The van der Waals surface area contributed by atoms with Crippen molar-refractivity contribution in [3.8, 4) is 0 Å². The van der Waals surface area contributed by atoms with Crippen LogP contribution in [0, 0.1) is 10.1 Å². The molecule has 1 aromatic rings. The van der Waals surface area contributed by atoms with E-state index in [2.05, 4.69) is 10.4 Å². The van der Waals surface area contributed by atoms with Crippen molar-refractivity contribution in [1.29, 1.82) is 0 Å². The molecular formula is C9H12N6O4S. The standard InChI is InChI=1S/C9H12N6O4S/c1-6(16)19-3-2-13-8(14(17)18)5-11-9(13)7-4-12-15(10)20-7/h4-5,12H,2-3,10H2,1H3. The van der Waals surface area contributed by atoms with E-state index in [9.17, 15) is 14.9 Å². The molecule has 0 bridgehead atoms.